The molecule has 0 bridgehead atoms. The number of hydrogen-bond donors (Lipinski definition) is 0. The molecule has 0 N–H and O–H groups in total. The summed E-state index contributed by atoms with van der Waals surface area (Å²) in [5, 5.41) is 0. The van der Waals surface area contributed by atoms with Gasteiger partial charge in [0.05, 0.1) is 24.3 Å². The first-order valence-electron chi connectivity index (χ1n) is 5.34. The number of fused-ring (bicyclic) bond motifs is 1. The van der Waals surface area contributed by atoms with Crippen LogP contribution in [0.3, 0.4) is 0 Å². The fraction of sp³-hybridized carbons (Fsp3) is 0.231. The van der Waals surface area contributed by atoms with Crippen molar-refractivity contribution in [2.24, 2.45) is 0 Å². The van der Waals surface area contributed by atoms with Gasteiger partial charge in [0.1, 0.15) is 5.75 Å². The summed E-state index contributed by atoms with van der Waals surface area (Å²) in [6.07, 6.45) is 7.43. The molecule has 2 heterocycles. The molecular formula is C13H15N3O. The van der Waals surface area contributed by atoms with Gasteiger partial charge in [-0.15, -0.1) is 0 Å². The molecule has 0 fully saturated rings. The predicted octanol–water partition coefficient (Wildman–Crippen LogP) is 2.17. The van der Waals surface area contributed by atoms with Crippen LogP contribution in [0.1, 0.15) is 5.56 Å². The zero-order chi connectivity index (χ0) is 12.3. The van der Waals surface area contributed by atoms with Crippen LogP contribution >= 0.6 is 0 Å². The largest absolute Gasteiger partial charge is 0.494 e. The standard InChI is InChI=1S/C13H15N3O/c1-16(2)8-6-10-12(17-3)9-15-11-5-4-7-14-13(10)11/h4-9H,1-3H3/b8-6+. The monoisotopic (exact) mass is 229 g/mol. The highest BCUT2D eigenvalue weighted by Crippen LogP contribution is 2.25. The van der Waals surface area contributed by atoms with E-state index in [0.717, 1.165) is 22.3 Å². The molecule has 0 aliphatic carbocycles. The van der Waals surface area contributed by atoms with Crippen LogP contribution < -0.4 is 4.74 Å². The van der Waals surface area contributed by atoms with Crippen LogP contribution in [0.15, 0.2) is 30.7 Å². The Balaban J connectivity index is 2.63. The van der Waals surface area contributed by atoms with E-state index in [9.17, 15) is 0 Å². The van der Waals surface area contributed by atoms with Crippen molar-refractivity contribution in [1.82, 2.24) is 14.9 Å². The fourth-order valence-corrected chi connectivity index (χ4v) is 1.57. The molecule has 0 aliphatic heterocycles. The average Bonchev–Trinajstić information content (AvgIpc) is 2.35. The van der Waals surface area contributed by atoms with Crippen molar-refractivity contribution in [2.75, 3.05) is 21.2 Å². The minimum absolute atomic E-state index is 0.731. The van der Waals surface area contributed by atoms with Crippen LogP contribution in [0.4, 0.5) is 0 Å². The molecule has 0 saturated carbocycles. The average molecular weight is 229 g/mol. The van der Waals surface area contributed by atoms with Gasteiger partial charge in [-0.25, -0.2) is 0 Å². The highest BCUT2D eigenvalue weighted by molar-refractivity contribution is 5.86. The van der Waals surface area contributed by atoms with E-state index in [4.69, 9.17) is 4.74 Å². The van der Waals surface area contributed by atoms with Crippen molar-refractivity contribution in [1.29, 1.82) is 0 Å². The lowest BCUT2D eigenvalue weighted by atomic mass is 10.2. The molecule has 88 valence electrons. The molecule has 4 heteroatoms. The summed E-state index contributed by atoms with van der Waals surface area (Å²) in [6.45, 7) is 0. The first kappa shape index (κ1) is 11.4. The highest BCUT2D eigenvalue weighted by Gasteiger charge is 2.07. The molecule has 4 nitrogen and oxygen atoms in total. The second kappa shape index (κ2) is 4.82. The first-order chi connectivity index (χ1) is 8.22. The molecule has 0 radical (unpaired) electrons. The van der Waals surface area contributed by atoms with Gasteiger partial charge in [0.2, 0.25) is 0 Å². The van der Waals surface area contributed by atoms with Crippen molar-refractivity contribution in [3.8, 4) is 5.75 Å². The van der Waals surface area contributed by atoms with Gasteiger partial charge in [-0.1, -0.05) is 0 Å². The summed E-state index contributed by atoms with van der Waals surface area (Å²) in [5.74, 6) is 0.731. The molecule has 0 aliphatic rings. The summed E-state index contributed by atoms with van der Waals surface area (Å²) < 4.78 is 5.31. The van der Waals surface area contributed by atoms with Crippen molar-refractivity contribution in [2.45, 2.75) is 0 Å². The third kappa shape index (κ3) is 2.36. The van der Waals surface area contributed by atoms with E-state index in [1.54, 1.807) is 19.5 Å². The van der Waals surface area contributed by atoms with Crippen molar-refractivity contribution in [3.63, 3.8) is 0 Å². The van der Waals surface area contributed by atoms with Crippen LogP contribution in [0.5, 0.6) is 5.75 Å². The van der Waals surface area contributed by atoms with Gasteiger partial charge < -0.3 is 9.64 Å². The number of methoxy groups -OCH3 is 1. The van der Waals surface area contributed by atoms with Crippen LogP contribution in [0, 0.1) is 0 Å². The maximum atomic E-state index is 5.31. The SMILES string of the molecule is COc1cnc2cccnc2c1/C=C/N(C)C. The van der Waals surface area contributed by atoms with Crippen molar-refractivity contribution < 1.29 is 4.74 Å². The molecule has 0 unspecified atom stereocenters. The van der Waals surface area contributed by atoms with Crippen molar-refractivity contribution in [3.05, 3.63) is 36.3 Å². The van der Waals surface area contributed by atoms with E-state index >= 15 is 0 Å². The molecule has 17 heavy (non-hydrogen) atoms. The van der Waals surface area contributed by atoms with Gasteiger partial charge in [-0.3, -0.25) is 9.97 Å². The molecule has 0 saturated heterocycles. The quantitative estimate of drug-likeness (QED) is 0.808. The van der Waals surface area contributed by atoms with E-state index < -0.39 is 0 Å². The van der Waals surface area contributed by atoms with E-state index in [1.165, 1.54) is 0 Å². The second-order valence-electron chi connectivity index (χ2n) is 3.89. The predicted molar refractivity (Wildman–Crippen MR) is 68.8 cm³/mol. The van der Waals surface area contributed by atoms with Gasteiger partial charge in [-0.2, -0.15) is 0 Å². The third-order valence-electron chi connectivity index (χ3n) is 2.39. The molecule has 0 aromatic carbocycles. The van der Waals surface area contributed by atoms with Crippen LogP contribution in [0.25, 0.3) is 17.1 Å². The third-order valence-corrected chi connectivity index (χ3v) is 2.39. The Kier molecular flexibility index (Phi) is 3.23. The van der Waals surface area contributed by atoms with E-state index in [-0.39, 0.29) is 0 Å². The maximum Gasteiger partial charge on any atom is 0.146 e. The Labute approximate surface area is 101 Å². The molecular weight excluding hydrogens is 214 g/mol. The molecule has 2 aromatic rings. The lowest BCUT2D eigenvalue weighted by molar-refractivity contribution is 0.412. The molecule has 0 amide bonds. The summed E-state index contributed by atoms with van der Waals surface area (Å²) in [7, 11) is 5.58. The molecule has 0 atom stereocenters. The van der Waals surface area contributed by atoms with E-state index in [1.807, 2.05) is 43.4 Å². The number of nitrogens with zero attached hydrogens (tertiary/aromatic N) is 3. The maximum absolute atomic E-state index is 5.31. The Morgan fingerprint density at radius 3 is 2.82 bits per heavy atom. The Hall–Kier alpha value is -2.10. The Morgan fingerprint density at radius 2 is 2.12 bits per heavy atom. The summed E-state index contributed by atoms with van der Waals surface area (Å²) in [5.41, 5.74) is 2.67. The lowest BCUT2D eigenvalue weighted by Crippen LogP contribution is -2.00. The van der Waals surface area contributed by atoms with E-state index in [2.05, 4.69) is 9.97 Å². The smallest absolute Gasteiger partial charge is 0.146 e. The summed E-state index contributed by atoms with van der Waals surface area (Å²) in [4.78, 5) is 10.6. The normalized spacial score (nSPS) is 11.0. The Bertz CT molecular complexity index is 549. The summed E-state index contributed by atoms with van der Waals surface area (Å²) in [6, 6.07) is 3.82. The van der Waals surface area contributed by atoms with Crippen LogP contribution in [0.2, 0.25) is 0 Å². The van der Waals surface area contributed by atoms with Gasteiger partial charge in [0.25, 0.3) is 0 Å². The molecule has 2 rings (SSSR count). The zero-order valence-electron chi connectivity index (χ0n) is 10.2. The van der Waals surface area contributed by atoms with Crippen molar-refractivity contribution >= 4 is 17.1 Å². The Morgan fingerprint density at radius 1 is 1.29 bits per heavy atom. The molecule has 2 aromatic heterocycles. The fourth-order valence-electron chi connectivity index (χ4n) is 1.57. The van der Waals surface area contributed by atoms with Gasteiger partial charge in [0, 0.05) is 25.9 Å². The van der Waals surface area contributed by atoms with Gasteiger partial charge in [-0.05, 0) is 24.4 Å². The highest BCUT2D eigenvalue weighted by atomic mass is 16.5. The lowest BCUT2D eigenvalue weighted by Gasteiger charge is -2.08. The number of pyridine rings is 2. The van der Waals surface area contributed by atoms with Gasteiger partial charge >= 0.3 is 0 Å². The van der Waals surface area contributed by atoms with Crippen LogP contribution in [-0.2, 0) is 0 Å². The minimum atomic E-state index is 0.731. The number of ether oxygens (including phenoxy) is 1. The van der Waals surface area contributed by atoms with Crippen LogP contribution in [-0.4, -0.2) is 36.1 Å². The molecule has 0 spiro atoms. The topological polar surface area (TPSA) is 38.3 Å². The zero-order valence-corrected chi connectivity index (χ0v) is 10.2. The number of aromatic nitrogens is 2. The van der Waals surface area contributed by atoms with Gasteiger partial charge in [0.15, 0.2) is 0 Å². The minimum Gasteiger partial charge on any atom is -0.494 e. The number of rotatable bonds is 3. The van der Waals surface area contributed by atoms with E-state index in [0.29, 0.717) is 0 Å². The summed E-state index contributed by atoms with van der Waals surface area (Å²) >= 11 is 0. The second-order valence-corrected chi connectivity index (χ2v) is 3.89. The number of hydrogen-bond acceptors (Lipinski definition) is 4. The first-order valence-corrected chi connectivity index (χ1v) is 5.34.